The molecular weight excluding hydrogens is 242 g/mol. The van der Waals surface area contributed by atoms with Gasteiger partial charge in [-0.2, -0.15) is 0 Å². The fourth-order valence-electron chi connectivity index (χ4n) is 2.06. The summed E-state index contributed by atoms with van der Waals surface area (Å²) in [6.07, 6.45) is 1.77. The van der Waals surface area contributed by atoms with E-state index in [1.807, 2.05) is 30.3 Å². The number of ether oxygens (including phenoxy) is 1. The smallest absolute Gasteiger partial charge is 0.417 e. The van der Waals surface area contributed by atoms with Crippen molar-refractivity contribution in [3.05, 3.63) is 47.5 Å². The van der Waals surface area contributed by atoms with Crippen LogP contribution in [0.3, 0.4) is 0 Å². The Kier molecular flexibility index (Phi) is 4.00. The normalized spacial score (nSPS) is 19.5. The topological polar surface area (TPSA) is 46.6 Å². The molecule has 0 spiro atoms. The molecule has 0 bridgehead atoms. The molecule has 1 aliphatic rings. The Balaban J connectivity index is 2.16. The largest absolute Gasteiger partial charge is 0.447 e. The number of hydrogen-bond acceptors (Lipinski definition) is 3. The van der Waals surface area contributed by atoms with Gasteiger partial charge in [0.2, 0.25) is 0 Å². The minimum Gasteiger partial charge on any atom is -0.447 e. The molecule has 1 saturated heterocycles. The molecule has 100 valence electrons. The van der Waals surface area contributed by atoms with Crippen LogP contribution in [0.15, 0.2) is 42.0 Å². The van der Waals surface area contributed by atoms with Gasteiger partial charge in [0.15, 0.2) is 0 Å². The van der Waals surface area contributed by atoms with Gasteiger partial charge in [0.25, 0.3) is 5.91 Å². The molecule has 4 nitrogen and oxygen atoms in total. The highest BCUT2D eigenvalue weighted by Crippen LogP contribution is 2.19. The van der Waals surface area contributed by atoms with Crippen molar-refractivity contribution in [1.29, 1.82) is 0 Å². The molecule has 19 heavy (non-hydrogen) atoms. The van der Waals surface area contributed by atoms with Crippen LogP contribution in [0.2, 0.25) is 0 Å². The van der Waals surface area contributed by atoms with E-state index in [1.165, 1.54) is 4.90 Å². The summed E-state index contributed by atoms with van der Waals surface area (Å²) in [5.74, 6) is -0.272. The van der Waals surface area contributed by atoms with Gasteiger partial charge in [-0.15, -0.1) is 0 Å². The summed E-state index contributed by atoms with van der Waals surface area (Å²) in [4.78, 5) is 25.1. The SMILES string of the molecule is C/C=C(\C)C(=O)N1C(=O)OC[C@H]1Cc1ccccc1. The Morgan fingerprint density at radius 3 is 2.74 bits per heavy atom. The van der Waals surface area contributed by atoms with Gasteiger partial charge in [-0.1, -0.05) is 36.4 Å². The lowest BCUT2D eigenvalue weighted by Crippen LogP contribution is -2.40. The Morgan fingerprint density at radius 1 is 1.42 bits per heavy atom. The van der Waals surface area contributed by atoms with Crippen LogP contribution in [0.25, 0.3) is 0 Å². The summed E-state index contributed by atoms with van der Waals surface area (Å²) in [6.45, 7) is 3.74. The van der Waals surface area contributed by atoms with E-state index in [0.29, 0.717) is 12.0 Å². The van der Waals surface area contributed by atoms with Crippen molar-refractivity contribution in [2.24, 2.45) is 0 Å². The van der Waals surface area contributed by atoms with Gasteiger partial charge in [0.1, 0.15) is 6.61 Å². The fraction of sp³-hybridized carbons (Fsp3) is 0.333. The predicted octanol–water partition coefficient (Wildman–Crippen LogP) is 2.54. The van der Waals surface area contributed by atoms with Crippen LogP contribution in [0.4, 0.5) is 4.79 Å². The van der Waals surface area contributed by atoms with E-state index in [9.17, 15) is 9.59 Å². The first-order valence-electron chi connectivity index (χ1n) is 6.30. The van der Waals surface area contributed by atoms with E-state index in [2.05, 4.69) is 0 Å². The minimum absolute atomic E-state index is 0.225. The minimum atomic E-state index is -0.549. The van der Waals surface area contributed by atoms with E-state index in [0.717, 1.165) is 5.56 Å². The van der Waals surface area contributed by atoms with Gasteiger partial charge in [0, 0.05) is 5.57 Å². The van der Waals surface area contributed by atoms with Crippen molar-refractivity contribution in [1.82, 2.24) is 4.90 Å². The van der Waals surface area contributed by atoms with Crippen LogP contribution in [0, 0.1) is 0 Å². The average Bonchev–Trinajstić information content (AvgIpc) is 2.79. The van der Waals surface area contributed by atoms with Crippen LogP contribution in [0.5, 0.6) is 0 Å². The molecule has 1 aromatic rings. The van der Waals surface area contributed by atoms with Gasteiger partial charge in [-0.25, -0.2) is 9.69 Å². The Hall–Kier alpha value is -2.10. The summed E-state index contributed by atoms with van der Waals surface area (Å²) in [5, 5.41) is 0. The molecular formula is C15H17NO3. The molecule has 1 fully saturated rings. The summed E-state index contributed by atoms with van der Waals surface area (Å²) >= 11 is 0. The molecule has 2 rings (SSSR count). The standard InChI is InChI=1S/C15H17NO3/c1-3-11(2)14(17)16-13(10-19-15(16)18)9-12-7-5-4-6-8-12/h3-8,13H,9-10H2,1-2H3/b11-3+/t13-/m1/s1. The van der Waals surface area contributed by atoms with Gasteiger partial charge in [-0.05, 0) is 25.8 Å². The number of carbonyl (C=O) groups is 2. The van der Waals surface area contributed by atoms with E-state index in [1.54, 1.807) is 19.9 Å². The van der Waals surface area contributed by atoms with E-state index in [4.69, 9.17) is 4.74 Å². The van der Waals surface area contributed by atoms with Crippen molar-refractivity contribution in [2.75, 3.05) is 6.61 Å². The highest BCUT2D eigenvalue weighted by atomic mass is 16.6. The van der Waals surface area contributed by atoms with Crippen molar-refractivity contribution in [3.63, 3.8) is 0 Å². The first-order chi connectivity index (χ1) is 9.13. The zero-order chi connectivity index (χ0) is 13.8. The van der Waals surface area contributed by atoms with Gasteiger partial charge in [-0.3, -0.25) is 4.79 Å². The van der Waals surface area contributed by atoms with Crippen molar-refractivity contribution in [2.45, 2.75) is 26.3 Å². The first-order valence-corrected chi connectivity index (χ1v) is 6.30. The maximum Gasteiger partial charge on any atom is 0.417 e. The van der Waals surface area contributed by atoms with Crippen LogP contribution in [-0.4, -0.2) is 29.5 Å². The Labute approximate surface area is 112 Å². The maximum absolute atomic E-state index is 12.1. The molecule has 1 heterocycles. The van der Waals surface area contributed by atoms with Crippen molar-refractivity contribution >= 4 is 12.0 Å². The molecule has 0 aromatic heterocycles. The number of amides is 2. The molecule has 1 aromatic carbocycles. The fourth-order valence-corrected chi connectivity index (χ4v) is 2.06. The number of allylic oxidation sites excluding steroid dienone is 1. The molecule has 1 atom stereocenters. The van der Waals surface area contributed by atoms with Crippen LogP contribution in [0.1, 0.15) is 19.4 Å². The third-order valence-corrected chi connectivity index (χ3v) is 3.26. The summed E-state index contributed by atoms with van der Waals surface area (Å²) < 4.78 is 5.01. The third kappa shape index (κ3) is 2.84. The van der Waals surface area contributed by atoms with Gasteiger partial charge in [0.05, 0.1) is 6.04 Å². The van der Waals surface area contributed by atoms with E-state index in [-0.39, 0.29) is 18.6 Å². The second-order valence-electron chi connectivity index (χ2n) is 4.57. The quantitative estimate of drug-likeness (QED) is 0.784. The highest BCUT2D eigenvalue weighted by Gasteiger charge is 2.38. The number of nitrogens with zero attached hydrogens (tertiary/aromatic N) is 1. The van der Waals surface area contributed by atoms with Crippen molar-refractivity contribution in [3.8, 4) is 0 Å². The second-order valence-corrected chi connectivity index (χ2v) is 4.57. The molecule has 0 N–H and O–H groups in total. The monoisotopic (exact) mass is 259 g/mol. The van der Waals surface area contributed by atoms with Crippen LogP contribution >= 0.6 is 0 Å². The molecule has 0 aliphatic carbocycles. The number of rotatable bonds is 3. The Morgan fingerprint density at radius 2 is 2.11 bits per heavy atom. The zero-order valence-electron chi connectivity index (χ0n) is 11.1. The van der Waals surface area contributed by atoms with Crippen LogP contribution < -0.4 is 0 Å². The Bertz CT molecular complexity index is 507. The van der Waals surface area contributed by atoms with E-state index < -0.39 is 6.09 Å². The molecule has 0 saturated carbocycles. The molecule has 4 heteroatoms. The predicted molar refractivity (Wildman–Crippen MR) is 71.6 cm³/mol. The first kappa shape index (κ1) is 13.3. The number of hydrogen-bond donors (Lipinski definition) is 0. The number of imide groups is 1. The maximum atomic E-state index is 12.1. The van der Waals surface area contributed by atoms with E-state index >= 15 is 0 Å². The number of benzene rings is 1. The molecule has 0 radical (unpaired) electrons. The summed E-state index contributed by atoms with van der Waals surface area (Å²) in [5.41, 5.74) is 1.64. The average molecular weight is 259 g/mol. The lowest BCUT2D eigenvalue weighted by Gasteiger charge is -2.19. The van der Waals surface area contributed by atoms with Gasteiger partial charge >= 0.3 is 6.09 Å². The summed E-state index contributed by atoms with van der Waals surface area (Å²) in [7, 11) is 0. The molecule has 2 amide bonds. The van der Waals surface area contributed by atoms with Crippen LogP contribution in [-0.2, 0) is 16.0 Å². The molecule has 1 aliphatic heterocycles. The van der Waals surface area contributed by atoms with Gasteiger partial charge < -0.3 is 4.74 Å². The zero-order valence-corrected chi connectivity index (χ0v) is 11.1. The second kappa shape index (κ2) is 5.69. The lowest BCUT2D eigenvalue weighted by molar-refractivity contribution is -0.125. The number of carbonyl (C=O) groups excluding carboxylic acids is 2. The highest BCUT2D eigenvalue weighted by molar-refractivity contribution is 6.03. The third-order valence-electron chi connectivity index (χ3n) is 3.26. The molecule has 0 unspecified atom stereocenters. The summed E-state index contributed by atoms with van der Waals surface area (Å²) in [6, 6.07) is 9.55. The number of cyclic esters (lactones) is 1. The van der Waals surface area contributed by atoms with Crippen molar-refractivity contribution < 1.29 is 14.3 Å². The lowest BCUT2D eigenvalue weighted by atomic mass is 10.1.